The van der Waals surface area contributed by atoms with Crippen LogP contribution in [-0.2, 0) is 17.1 Å². The highest BCUT2D eigenvalue weighted by Gasteiger charge is 2.37. The number of carbonyl (C=O) groups excluding carboxylic acids is 1. The van der Waals surface area contributed by atoms with Gasteiger partial charge in [0.05, 0.1) is 11.1 Å². The Morgan fingerprint density at radius 3 is 2.16 bits per heavy atom. The summed E-state index contributed by atoms with van der Waals surface area (Å²) in [6.45, 7) is 1.28. The normalized spacial score (nSPS) is 12.5. The molecule has 0 aliphatic heterocycles. The van der Waals surface area contributed by atoms with Crippen molar-refractivity contribution in [3.63, 3.8) is 0 Å². The molecule has 0 fully saturated rings. The highest BCUT2D eigenvalue weighted by Crippen LogP contribution is 2.40. The standard InChI is InChI=1S/C22H22F6N2OS/c1-30(2)11-5-10-29-20(31)9-8-15-6-3-4-7-19(15)32-18-13-16(21(23,24)25)12-17(14-18)22(26,27)28/h3-4,6-9,12-14H,5,10-11H2,1-2H3,(H,29,31)/b9-8+. The topological polar surface area (TPSA) is 32.3 Å². The molecule has 2 aromatic carbocycles. The molecule has 0 bridgehead atoms. The summed E-state index contributed by atoms with van der Waals surface area (Å²) >= 11 is 0.763. The maximum atomic E-state index is 13.1. The molecule has 0 radical (unpaired) electrons. The number of nitrogens with zero attached hydrogens (tertiary/aromatic N) is 1. The maximum Gasteiger partial charge on any atom is 0.416 e. The first kappa shape index (κ1) is 25.8. The maximum absolute atomic E-state index is 13.1. The molecule has 0 aromatic heterocycles. The molecule has 2 aromatic rings. The van der Waals surface area contributed by atoms with E-state index in [4.69, 9.17) is 0 Å². The average molecular weight is 476 g/mol. The third kappa shape index (κ3) is 8.23. The van der Waals surface area contributed by atoms with E-state index in [2.05, 4.69) is 5.32 Å². The molecule has 3 nitrogen and oxygen atoms in total. The zero-order valence-corrected chi connectivity index (χ0v) is 18.2. The highest BCUT2D eigenvalue weighted by atomic mass is 32.2. The second-order valence-electron chi connectivity index (χ2n) is 7.16. The summed E-state index contributed by atoms with van der Waals surface area (Å²) in [5.74, 6) is -0.345. The second kappa shape index (κ2) is 10.9. The second-order valence-corrected chi connectivity index (χ2v) is 8.28. The van der Waals surface area contributed by atoms with E-state index in [0.29, 0.717) is 29.1 Å². The summed E-state index contributed by atoms with van der Waals surface area (Å²) in [5, 5.41) is 2.72. The zero-order chi connectivity index (χ0) is 23.9. The molecule has 1 amide bonds. The lowest BCUT2D eigenvalue weighted by Crippen LogP contribution is -2.25. The number of rotatable bonds is 8. The van der Waals surface area contributed by atoms with Crippen LogP contribution in [0.15, 0.2) is 58.3 Å². The van der Waals surface area contributed by atoms with Gasteiger partial charge in [0.2, 0.25) is 5.91 Å². The Bertz CT molecular complexity index is 922. The van der Waals surface area contributed by atoms with Crippen LogP contribution in [0.25, 0.3) is 6.08 Å². The van der Waals surface area contributed by atoms with E-state index in [-0.39, 0.29) is 16.9 Å². The predicted molar refractivity (Wildman–Crippen MR) is 112 cm³/mol. The Balaban J connectivity index is 2.22. The number of benzene rings is 2. The fourth-order valence-electron chi connectivity index (χ4n) is 2.65. The molecule has 0 unspecified atom stereocenters. The quantitative estimate of drug-likeness (QED) is 0.290. The molecule has 10 heteroatoms. The number of hydrogen-bond donors (Lipinski definition) is 1. The van der Waals surface area contributed by atoms with Crippen molar-refractivity contribution >= 4 is 23.7 Å². The van der Waals surface area contributed by atoms with E-state index in [1.165, 1.54) is 12.2 Å². The minimum atomic E-state index is -4.92. The van der Waals surface area contributed by atoms with E-state index in [1.807, 2.05) is 19.0 Å². The van der Waals surface area contributed by atoms with Crippen molar-refractivity contribution in [2.45, 2.75) is 28.6 Å². The molecular formula is C22H22F6N2OS. The van der Waals surface area contributed by atoms with E-state index in [1.54, 1.807) is 24.3 Å². The van der Waals surface area contributed by atoms with Crippen LogP contribution in [0.2, 0.25) is 0 Å². The van der Waals surface area contributed by atoms with Crippen molar-refractivity contribution in [3.8, 4) is 0 Å². The Labute approximate surface area is 186 Å². The number of amides is 1. The van der Waals surface area contributed by atoms with Crippen molar-refractivity contribution in [2.75, 3.05) is 27.2 Å². The van der Waals surface area contributed by atoms with Gasteiger partial charge in [-0.1, -0.05) is 30.0 Å². The first-order chi connectivity index (χ1) is 14.9. The first-order valence-electron chi connectivity index (χ1n) is 9.53. The van der Waals surface area contributed by atoms with Crippen LogP contribution in [0.3, 0.4) is 0 Å². The molecular weight excluding hydrogens is 454 g/mol. The molecule has 0 spiro atoms. The molecule has 0 aliphatic carbocycles. The fourth-order valence-corrected chi connectivity index (χ4v) is 3.68. The van der Waals surface area contributed by atoms with Crippen molar-refractivity contribution in [2.24, 2.45) is 0 Å². The Morgan fingerprint density at radius 2 is 1.59 bits per heavy atom. The summed E-state index contributed by atoms with van der Waals surface area (Å²) in [6.07, 6.45) is -6.32. The third-order valence-electron chi connectivity index (χ3n) is 4.20. The van der Waals surface area contributed by atoms with E-state index < -0.39 is 23.5 Å². The van der Waals surface area contributed by atoms with Crippen molar-refractivity contribution in [1.29, 1.82) is 0 Å². The summed E-state index contributed by atoms with van der Waals surface area (Å²) in [4.78, 5) is 14.2. The Morgan fingerprint density at radius 1 is 1.00 bits per heavy atom. The summed E-state index contributed by atoms with van der Waals surface area (Å²) in [5.41, 5.74) is -2.26. The van der Waals surface area contributed by atoms with Gasteiger partial charge in [0, 0.05) is 22.4 Å². The van der Waals surface area contributed by atoms with Crippen LogP contribution >= 0.6 is 11.8 Å². The monoisotopic (exact) mass is 476 g/mol. The van der Waals surface area contributed by atoms with Crippen LogP contribution in [0, 0.1) is 0 Å². The van der Waals surface area contributed by atoms with E-state index in [9.17, 15) is 31.1 Å². The van der Waals surface area contributed by atoms with E-state index >= 15 is 0 Å². The molecule has 0 aliphatic rings. The van der Waals surface area contributed by atoms with Gasteiger partial charge in [-0.25, -0.2) is 0 Å². The zero-order valence-electron chi connectivity index (χ0n) is 17.3. The van der Waals surface area contributed by atoms with Gasteiger partial charge in [0.1, 0.15) is 0 Å². The van der Waals surface area contributed by atoms with Gasteiger partial charge in [0.25, 0.3) is 0 Å². The Hall–Kier alpha value is -2.46. The lowest BCUT2D eigenvalue weighted by atomic mass is 10.1. The lowest BCUT2D eigenvalue weighted by molar-refractivity contribution is -0.143. The minimum absolute atomic E-state index is 0.0938. The molecule has 0 saturated heterocycles. The average Bonchev–Trinajstić information content (AvgIpc) is 2.69. The molecule has 174 valence electrons. The van der Waals surface area contributed by atoms with Crippen molar-refractivity contribution in [1.82, 2.24) is 10.2 Å². The van der Waals surface area contributed by atoms with Crippen molar-refractivity contribution < 1.29 is 31.1 Å². The van der Waals surface area contributed by atoms with Crippen LogP contribution in [0.1, 0.15) is 23.1 Å². The molecule has 0 heterocycles. The van der Waals surface area contributed by atoms with Gasteiger partial charge in [-0.2, -0.15) is 26.3 Å². The number of alkyl halides is 6. The molecule has 0 atom stereocenters. The SMILES string of the molecule is CN(C)CCCNC(=O)/C=C/c1ccccc1Sc1cc(C(F)(F)F)cc(C(F)(F)F)c1. The van der Waals surface area contributed by atoms with Crippen LogP contribution in [0.4, 0.5) is 26.3 Å². The van der Waals surface area contributed by atoms with Crippen LogP contribution in [-0.4, -0.2) is 38.0 Å². The third-order valence-corrected chi connectivity index (χ3v) is 5.27. The lowest BCUT2D eigenvalue weighted by Gasteiger charge is -2.14. The molecule has 2 rings (SSSR count). The van der Waals surface area contributed by atoms with Crippen LogP contribution < -0.4 is 5.32 Å². The summed E-state index contributed by atoms with van der Waals surface area (Å²) in [7, 11) is 3.83. The van der Waals surface area contributed by atoms with Crippen LogP contribution in [0.5, 0.6) is 0 Å². The van der Waals surface area contributed by atoms with Crippen molar-refractivity contribution in [3.05, 3.63) is 65.2 Å². The smallest absolute Gasteiger partial charge is 0.353 e. The first-order valence-corrected chi connectivity index (χ1v) is 10.3. The van der Waals surface area contributed by atoms with Gasteiger partial charge in [0.15, 0.2) is 0 Å². The molecule has 0 saturated carbocycles. The van der Waals surface area contributed by atoms with Gasteiger partial charge < -0.3 is 10.2 Å². The summed E-state index contributed by atoms with van der Waals surface area (Å²) < 4.78 is 78.6. The van der Waals surface area contributed by atoms with E-state index in [0.717, 1.165) is 24.7 Å². The largest absolute Gasteiger partial charge is 0.416 e. The predicted octanol–water partition coefficient (Wildman–Crippen LogP) is 5.96. The highest BCUT2D eigenvalue weighted by molar-refractivity contribution is 7.99. The Kier molecular flexibility index (Phi) is 8.80. The number of halogens is 6. The molecule has 1 N–H and O–H groups in total. The number of carbonyl (C=O) groups is 1. The summed E-state index contributed by atoms with van der Waals surface area (Å²) in [6, 6.07) is 7.90. The number of nitrogens with one attached hydrogen (secondary N) is 1. The van der Waals surface area contributed by atoms with Gasteiger partial charge in [-0.15, -0.1) is 0 Å². The van der Waals surface area contributed by atoms with Gasteiger partial charge in [-0.3, -0.25) is 4.79 Å². The minimum Gasteiger partial charge on any atom is -0.353 e. The van der Waals surface area contributed by atoms with Gasteiger partial charge in [-0.05, 0) is 63.0 Å². The molecule has 32 heavy (non-hydrogen) atoms. The number of hydrogen-bond acceptors (Lipinski definition) is 3. The van der Waals surface area contributed by atoms with Gasteiger partial charge >= 0.3 is 12.4 Å². The fraction of sp³-hybridized carbons (Fsp3) is 0.318.